The third-order valence-electron chi connectivity index (χ3n) is 6.81. The molecule has 34 heavy (non-hydrogen) atoms. The third-order valence-corrected chi connectivity index (χ3v) is 6.81. The van der Waals surface area contributed by atoms with Crippen molar-refractivity contribution in [2.24, 2.45) is 5.92 Å². The van der Waals surface area contributed by atoms with Crippen LogP contribution in [0.2, 0.25) is 0 Å². The van der Waals surface area contributed by atoms with Crippen LogP contribution in [0.4, 0.5) is 19.0 Å². The second-order valence-corrected chi connectivity index (χ2v) is 9.30. The van der Waals surface area contributed by atoms with Crippen LogP contribution in [0.15, 0.2) is 36.4 Å². The highest BCUT2D eigenvalue weighted by Crippen LogP contribution is 2.35. The van der Waals surface area contributed by atoms with E-state index in [1.807, 2.05) is 0 Å². The summed E-state index contributed by atoms with van der Waals surface area (Å²) < 4.78 is 40.6. The second kappa shape index (κ2) is 9.57. The zero-order chi connectivity index (χ0) is 23.7. The fourth-order valence-electron chi connectivity index (χ4n) is 5.07. The van der Waals surface area contributed by atoms with Crippen LogP contribution in [-0.4, -0.2) is 15.9 Å². The zero-order valence-electron chi connectivity index (χ0n) is 18.8. The standard InChI is InChI=1S/C27H26F3N3O/c28-19-8-9-20-18(15-19)7-11-23-26(20)31-24(13-16-4-2-1-3-5-16)27(32-23)33-25(34)14-17-6-10-21(29)22(30)12-17/h6,8-10,12,15-16H,1-5,7,11,13-14H2,(H,32,33,34). The molecular weight excluding hydrogens is 439 g/mol. The van der Waals surface area contributed by atoms with Crippen molar-refractivity contribution in [3.8, 4) is 11.3 Å². The summed E-state index contributed by atoms with van der Waals surface area (Å²) in [6, 6.07) is 8.20. The molecule has 0 atom stereocenters. The van der Waals surface area contributed by atoms with Crippen LogP contribution in [0.3, 0.4) is 0 Å². The van der Waals surface area contributed by atoms with E-state index in [4.69, 9.17) is 9.97 Å². The molecule has 2 aromatic carbocycles. The van der Waals surface area contributed by atoms with E-state index in [9.17, 15) is 18.0 Å². The quantitative estimate of drug-likeness (QED) is 0.506. The molecule has 0 bridgehead atoms. The van der Waals surface area contributed by atoms with Crippen molar-refractivity contribution in [1.82, 2.24) is 9.97 Å². The average molecular weight is 466 g/mol. The number of hydrogen-bond donors (Lipinski definition) is 1. The van der Waals surface area contributed by atoms with Crippen LogP contribution in [0.5, 0.6) is 0 Å². The first-order valence-corrected chi connectivity index (χ1v) is 11.9. The van der Waals surface area contributed by atoms with Crippen LogP contribution >= 0.6 is 0 Å². The van der Waals surface area contributed by atoms with E-state index in [-0.39, 0.29) is 18.1 Å². The maximum Gasteiger partial charge on any atom is 0.229 e. The Morgan fingerprint density at radius 2 is 1.76 bits per heavy atom. The molecule has 1 aromatic heterocycles. The van der Waals surface area contributed by atoms with Crippen LogP contribution in [0, 0.1) is 23.4 Å². The minimum absolute atomic E-state index is 0.0963. The monoisotopic (exact) mass is 465 g/mol. The summed E-state index contributed by atoms with van der Waals surface area (Å²) in [5.74, 6) is -1.64. The highest BCUT2D eigenvalue weighted by molar-refractivity contribution is 5.92. The van der Waals surface area contributed by atoms with Gasteiger partial charge in [0, 0.05) is 5.56 Å². The maximum absolute atomic E-state index is 13.8. The number of rotatable bonds is 5. The maximum atomic E-state index is 13.8. The van der Waals surface area contributed by atoms with E-state index >= 15 is 0 Å². The third kappa shape index (κ3) is 4.83. The number of carbonyl (C=O) groups excluding carboxylic acids is 1. The Kier molecular flexibility index (Phi) is 6.35. The largest absolute Gasteiger partial charge is 0.309 e. The number of benzene rings is 2. The number of nitrogens with one attached hydrogen (secondary N) is 1. The van der Waals surface area contributed by atoms with Crippen molar-refractivity contribution in [2.75, 3.05) is 5.32 Å². The number of anilines is 1. The molecule has 0 radical (unpaired) electrons. The number of amides is 1. The van der Waals surface area contributed by atoms with E-state index in [0.717, 1.165) is 53.2 Å². The van der Waals surface area contributed by atoms with Gasteiger partial charge in [0.2, 0.25) is 5.91 Å². The smallest absolute Gasteiger partial charge is 0.229 e. The van der Waals surface area contributed by atoms with Gasteiger partial charge in [0.25, 0.3) is 0 Å². The van der Waals surface area contributed by atoms with Gasteiger partial charge in [0.15, 0.2) is 17.5 Å². The summed E-state index contributed by atoms with van der Waals surface area (Å²) in [5, 5.41) is 2.88. The van der Waals surface area contributed by atoms with Gasteiger partial charge in [-0.1, -0.05) is 38.2 Å². The predicted molar refractivity (Wildman–Crippen MR) is 124 cm³/mol. The Labute approximate surface area is 196 Å². The van der Waals surface area contributed by atoms with E-state index in [1.165, 1.54) is 31.4 Å². The first-order valence-electron chi connectivity index (χ1n) is 11.9. The lowest BCUT2D eigenvalue weighted by Crippen LogP contribution is -2.21. The van der Waals surface area contributed by atoms with E-state index in [0.29, 0.717) is 36.6 Å². The lowest BCUT2D eigenvalue weighted by molar-refractivity contribution is -0.115. The van der Waals surface area contributed by atoms with E-state index in [2.05, 4.69) is 5.32 Å². The highest BCUT2D eigenvalue weighted by atomic mass is 19.2. The summed E-state index contributed by atoms with van der Waals surface area (Å²) in [6.07, 6.45) is 7.70. The van der Waals surface area contributed by atoms with Crippen LogP contribution in [0.1, 0.15) is 54.6 Å². The summed E-state index contributed by atoms with van der Waals surface area (Å²) in [4.78, 5) is 22.5. The fourth-order valence-corrected chi connectivity index (χ4v) is 5.07. The summed E-state index contributed by atoms with van der Waals surface area (Å²) in [7, 11) is 0. The lowest BCUT2D eigenvalue weighted by Gasteiger charge is -2.24. The zero-order valence-corrected chi connectivity index (χ0v) is 18.8. The highest BCUT2D eigenvalue weighted by Gasteiger charge is 2.25. The Morgan fingerprint density at radius 1 is 0.941 bits per heavy atom. The Hall–Kier alpha value is -3.22. The second-order valence-electron chi connectivity index (χ2n) is 9.30. The topological polar surface area (TPSA) is 54.9 Å². The first kappa shape index (κ1) is 22.6. The number of aromatic nitrogens is 2. The lowest BCUT2D eigenvalue weighted by atomic mass is 9.85. The van der Waals surface area contributed by atoms with Gasteiger partial charge in [-0.3, -0.25) is 4.79 Å². The van der Waals surface area contributed by atoms with Gasteiger partial charge in [-0.2, -0.15) is 0 Å². The molecule has 1 saturated carbocycles. The number of carbonyl (C=O) groups is 1. The van der Waals surface area contributed by atoms with Gasteiger partial charge in [-0.15, -0.1) is 0 Å². The molecule has 7 heteroatoms. The van der Waals surface area contributed by atoms with Crippen molar-refractivity contribution in [1.29, 1.82) is 0 Å². The minimum atomic E-state index is -0.980. The first-order chi connectivity index (χ1) is 16.5. The molecule has 2 aliphatic rings. The molecule has 3 aromatic rings. The van der Waals surface area contributed by atoms with Gasteiger partial charge in [0.1, 0.15) is 5.82 Å². The molecule has 2 aliphatic carbocycles. The molecule has 4 nitrogen and oxygen atoms in total. The Bertz CT molecular complexity index is 1240. The van der Waals surface area contributed by atoms with Crippen molar-refractivity contribution in [2.45, 2.75) is 57.8 Å². The molecule has 1 N–H and O–H groups in total. The number of nitrogens with zero attached hydrogens (tertiary/aromatic N) is 2. The minimum Gasteiger partial charge on any atom is -0.309 e. The van der Waals surface area contributed by atoms with Gasteiger partial charge in [-0.25, -0.2) is 23.1 Å². The molecule has 1 amide bonds. The van der Waals surface area contributed by atoms with Gasteiger partial charge in [-0.05, 0) is 66.6 Å². The number of fused-ring (bicyclic) bond motifs is 3. The van der Waals surface area contributed by atoms with Crippen molar-refractivity contribution < 1.29 is 18.0 Å². The van der Waals surface area contributed by atoms with Crippen molar-refractivity contribution >= 4 is 11.7 Å². The predicted octanol–water partition coefficient (Wildman–Crippen LogP) is 5.96. The Morgan fingerprint density at radius 3 is 2.56 bits per heavy atom. The molecule has 0 saturated heterocycles. The summed E-state index contributed by atoms with van der Waals surface area (Å²) in [5.41, 5.74) is 4.44. The Balaban J connectivity index is 1.45. The van der Waals surface area contributed by atoms with Crippen LogP contribution in [-0.2, 0) is 30.5 Å². The number of halogens is 3. The van der Waals surface area contributed by atoms with E-state index < -0.39 is 11.6 Å². The fraction of sp³-hybridized carbons (Fsp3) is 0.370. The number of aryl methyl sites for hydroxylation is 2. The molecule has 1 fully saturated rings. The number of hydrogen-bond acceptors (Lipinski definition) is 3. The van der Waals surface area contributed by atoms with Crippen molar-refractivity contribution in [3.05, 3.63) is 76.4 Å². The van der Waals surface area contributed by atoms with Gasteiger partial charge < -0.3 is 5.32 Å². The average Bonchev–Trinajstić information content (AvgIpc) is 2.82. The van der Waals surface area contributed by atoms with Gasteiger partial charge in [0.05, 0.1) is 23.5 Å². The normalized spacial score (nSPS) is 15.5. The molecule has 176 valence electrons. The molecule has 0 unspecified atom stereocenters. The van der Waals surface area contributed by atoms with Gasteiger partial charge >= 0.3 is 0 Å². The summed E-state index contributed by atoms with van der Waals surface area (Å²) >= 11 is 0. The van der Waals surface area contributed by atoms with Crippen LogP contribution in [0.25, 0.3) is 11.3 Å². The molecular formula is C27H26F3N3O. The van der Waals surface area contributed by atoms with Crippen LogP contribution < -0.4 is 5.32 Å². The molecule has 5 rings (SSSR count). The molecule has 0 spiro atoms. The SMILES string of the molecule is O=C(Cc1ccc(F)c(F)c1)Nc1nc2c(nc1CC1CCCCC1)-c1ccc(F)cc1CC2. The molecule has 1 heterocycles. The van der Waals surface area contributed by atoms with Crippen molar-refractivity contribution in [3.63, 3.8) is 0 Å². The molecule has 0 aliphatic heterocycles. The summed E-state index contributed by atoms with van der Waals surface area (Å²) in [6.45, 7) is 0. The van der Waals surface area contributed by atoms with E-state index in [1.54, 1.807) is 12.1 Å².